The molecule has 33 heavy (non-hydrogen) atoms. The lowest BCUT2D eigenvalue weighted by molar-refractivity contribution is -0.141. The zero-order chi connectivity index (χ0) is 23.4. The lowest BCUT2D eigenvalue weighted by Crippen LogP contribution is -2.64. The maximum absolute atomic E-state index is 13.3. The fraction of sp³-hybridized carbons (Fsp3) is 0.520. The molecule has 0 bridgehead atoms. The summed E-state index contributed by atoms with van der Waals surface area (Å²) in [7, 11) is 0. The van der Waals surface area contributed by atoms with Crippen molar-refractivity contribution in [2.75, 3.05) is 18.0 Å². The average molecular weight is 460 g/mol. The minimum Gasteiger partial charge on any atom is -0.490 e. The summed E-state index contributed by atoms with van der Waals surface area (Å²) < 4.78 is 46.3. The Morgan fingerprint density at radius 1 is 1.30 bits per heavy atom. The Kier molecular flexibility index (Phi) is 5.29. The number of carboxylic acids is 1. The number of hydrogen-bond donors (Lipinski definition) is 1. The van der Waals surface area contributed by atoms with Crippen molar-refractivity contribution < 1.29 is 27.8 Å². The number of carbonyl (C=O) groups is 1. The summed E-state index contributed by atoms with van der Waals surface area (Å²) in [5.41, 5.74) is 1.50. The van der Waals surface area contributed by atoms with Crippen molar-refractivity contribution in [3.05, 3.63) is 53.2 Å². The van der Waals surface area contributed by atoms with Crippen LogP contribution in [0.2, 0.25) is 0 Å². The summed E-state index contributed by atoms with van der Waals surface area (Å²) >= 11 is 0. The van der Waals surface area contributed by atoms with Gasteiger partial charge in [-0.25, -0.2) is 4.98 Å². The smallest absolute Gasteiger partial charge is 0.419 e. The first-order valence-corrected chi connectivity index (χ1v) is 11.4. The van der Waals surface area contributed by atoms with Crippen molar-refractivity contribution in [1.29, 1.82) is 0 Å². The maximum atomic E-state index is 13.3. The summed E-state index contributed by atoms with van der Waals surface area (Å²) in [6.07, 6.45) is 1.34. The van der Waals surface area contributed by atoms with Gasteiger partial charge >= 0.3 is 12.1 Å². The van der Waals surface area contributed by atoms with Crippen LogP contribution in [0.25, 0.3) is 0 Å². The fourth-order valence-corrected chi connectivity index (χ4v) is 5.69. The first-order valence-electron chi connectivity index (χ1n) is 11.4. The molecule has 2 atom stereocenters. The number of halogens is 3. The molecule has 1 spiro atoms. The van der Waals surface area contributed by atoms with Gasteiger partial charge in [0.25, 0.3) is 0 Å². The predicted molar refractivity (Wildman–Crippen MR) is 116 cm³/mol. The normalized spacial score (nSPS) is 22.7. The van der Waals surface area contributed by atoms with E-state index in [9.17, 15) is 18.0 Å². The van der Waals surface area contributed by atoms with Gasteiger partial charge in [-0.1, -0.05) is 19.1 Å². The summed E-state index contributed by atoms with van der Waals surface area (Å²) in [4.78, 5) is 16.9. The van der Waals surface area contributed by atoms with E-state index in [1.165, 1.54) is 12.3 Å². The topological polar surface area (TPSA) is 62.7 Å². The first kappa shape index (κ1) is 22.0. The third-order valence-corrected chi connectivity index (χ3v) is 7.43. The highest BCUT2D eigenvalue weighted by Gasteiger charge is 2.56. The molecule has 2 unspecified atom stereocenters. The number of aromatic nitrogens is 1. The number of pyridine rings is 1. The molecule has 2 aliphatic heterocycles. The van der Waals surface area contributed by atoms with E-state index in [1.807, 2.05) is 18.2 Å². The summed E-state index contributed by atoms with van der Waals surface area (Å²) in [6, 6.07) is 8.41. The Bertz CT molecular complexity index is 1060. The van der Waals surface area contributed by atoms with Crippen LogP contribution >= 0.6 is 0 Å². The third kappa shape index (κ3) is 4.15. The van der Waals surface area contributed by atoms with Gasteiger partial charge in [-0.2, -0.15) is 13.2 Å². The monoisotopic (exact) mass is 460 g/mol. The van der Waals surface area contributed by atoms with Gasteiger partial charge in [0, 0.05) is 24.7 Å². The van der Waals surface area contributed by atoms with Crippen molar-refractivity contribution in [1.82, 2.24) is 4.98 Å². The number of carboxylic acid groups (broad SMARTS) is 1. The number of aliphatic carboxylic acids is 1. The second kappa shape index (κ2) is 7.92. The van der Waals surface area contributed by atoms with Crippen molar-refractivity contribution >= 4 is 11.8 Å². The van der Waals surface area contributed by atoms with Crippen LogP contribution < -0.4 is 9.64 Å². The van der Waals surface area contributed by atoms with Gasteiger partial charge in [0.2, 0.25) is 0 Å². The van der Waals surface area contributed by atoms with Gasteiger partial charge in [-0.3, -0.25) is 4.79 Å². The van der Waals surface area contributed by atoms with Crippen LogP contribution in [0.5, 0.6) is 5.75 Å². The molecular weight excluding hydrogens is 433 g/mol. The molecule has 5 rings (SSSR count). The first-order chi connectivity index (χ1) is 15.6. The summed E-state index contributed by atoms with van der Waals surface area (Å²) in [6.45, 7) is 2.90. The van der Waals surface area contributed by atoms with Crippen LogP contribution in [0.1, 0.15) is 42.9 Å². The van der Waals surface area contributed by atoms with Gasteiger partial charge in [-0.15, -0.1) is 0 Å². The molecule has 1 aliphatic carbocycles. The zero-order valence-corrected chi connectivity index (χ0v) is 18.4. The molecule has 3 heterocycles. The van der Waals surface area contributed by atoms with Gasteiger partial charge in [0.1, 0.15) is 17.7 Å². The molecule has 1 saturated heterocycles. The van der Waals surface area contributed by atoms with E-state index in [0.717, 1.165) is 48.6 Å². The molecule has 0 radical (unpaired) electrons. The van der Waals surface area contributed by atoms with Crippen LogP contribution in [-0.2, 0) is 23.8 Å². The van der Waals surface area contributed by atoms with Crippen molar-refractivity contribution in [3.63, 3.8) is 0 Å². The SMILES string of the molecule is CC(Cc1ccc2c(c1)OC(C1CC3(C1)CN(c1ncccc1C(F)(F)F)C3)CC2)C(=O)O. The quantitative estimate of drug-likeness (QED) is 0.682. The highest BCUT2D eigenvalue weighted by atomic mass is 19.4. The molecule has 5 nitrogen and oxygen atoms in total. The minimum absolute atomic E-state index is 0.0324. The number of ether oxygens (including phenoxy) is 1. The Hall–Kier alpha value is -2.77. The molecule has 0 amide bonds. The standard InChI is InChI=1S/C25H27F3N2O3/c1-15(23(31)32)9-16-4-5-17-6-7-20(33-21(17)10-16)18-11-24(12-18)13-30(14-24)22-19(25(26,27)28)3-2-8-29-22/h2-5,8,10,15,18,20H,6-7,9,11-14H2,1H3,(H,31,32). The van der Waals surface area contributed by atoms with E-state index >= 15 is 0 Å². The van der Waals surface area contributed by atoms with Gasteiger partial charge in [-0.05, 0) is 67.3 Å². The molecule has 8 heteroatoms. The highest BCUT2D eigenvalue weighted by molar-refractivity contribution is 5.70. The Balaban J connectivity index is 1.19. The molecule has 1 saturated carbocycles. The molecule has 176 valence electrons. The second-order valence-electron chi connectivity index (χ2n) is 9.98. The minimum atomic E-state index is -4.40. The number of anilines is 1. The Morgan fingerprint density at radius 3 is 2.76 bits per heavy atom. The van der Waals surface area contributed by atoms with Crippen molar-refractivity contribution in [2.24, 2.45) is 17.3 Å². The fourth-order valence-electron chi connectivity index (χ4n) is 5.69. The molecule has 3 aliphatic rings. The highest BCUT2D eigenvalue weighted by Crippen LogP contribution is 2.56. The number of hydrogen-bond acceptors (Lipinski definition) is 4. The van der Waals surface area contributed by atoms with E-state index in [1.54, 1.807) is 11.8 Å². The number of rotatable bonds is 5. The van der Waals surface area contributed by atoms with Crippen LogP contribution in [0.15, 0.2) is 36.5 Å². The van der Waals surface area contributed by atoms with Crippen molar-refractivity contribution in [2.45, 2.75) is 51.3 Å². The van der Waals surface area contributed by atoms with Crippen LogP contribution in [0, 0.1) is 17.3 Å². The molecular formula is C25H27F3N2O3. The summed E-state index contributed by atoms with van der Waals surface area (Å²) in [5.74, 6) is 0.0138. The molecule has 1 aromatic heterocycles. The van der Waals surface area contributed by atoms with Crippen LogP contribution in [-0.4, -0.2) is 35.3 Å². The van der Waals surface area contributed by atoms with E-state index in [2.05, 4.69) is 4.98 Å². The lowest BCUT2D eigenvalue weighted by atomic mass is 9.55. The van der Waals surface area contributed by atoms with Gasteiger partial charge in [0.15, 0.2) is 0 Å². The predicted octanol–water partition coefficient (Wildman–Crippen LogP) is 4.97. The van der Waals surface area contributed by atoms with E-state index < -0.39 is 23.6 Å². The average Bonchev–Trinajstić information content (AvgIpc) is 2.71. The van der Waals surface area contributed by atoms with Gasteiger partial charge < -0.3 is 14.7 Å². The Labute approximate surface area is 190 Å². The number of nitrogens with zero attached hydrogens (tertiary/aromatic N) is 2. The van der Waals surface area contributed by atoms with Gasteiger partial charge in [0.05, 0.1) is 11.5 Å². The Morgan fingerprint density at radius 2 is 2.06 bits per heavy atom. The lowest BCUT2D eigenvalue weighted by Gasteiger charge is -2.61. The molecule has 2 aromatic rings. The molecule has 1 aromatic carbocycles. The number of aryl methyl sites for hydroxylation is 1. The molecule has 1 N–H and O–H groups in total. The van der Waals surface area contributed by atoms with Crippen molar-refractivity contribution in [3.8, 4) is 5.75 Å². The largest absolute Gasteiger partial charge is 0.490 e. The van der Waals surface area contributed by atoms with E-state index in [0.29, 0.717) is 25.4 Å². The summed E-state index contributed by atoms with van der Waals surface area (Å²) in [5, 5.41) is 9.17. The van der Waals surface area contributed by atoms with Crippen LogP contribution in [0.4, 0.5) is 19.0 Å². The second-order valence-corrected chi connectivity index (χ2v) is 9.98. The maximum Gasteiger partial charge on any atom is 0.419 e. The number of alkyl halides is 3. The van der Waals surface area contributed by atoms with E-state index in [4.69, 9.17) is 9.84 Å². The van der Waals surface area contributed by atoms with E-state index in [-0.39, 0.29) is 17.3 Å². The zero-order valence-electron chi connectivity index (χ0n) is 18.4. The van der Waals surface area contributed by atoms with Crippen LogP contribution in [0.3, 0.4) is 0 Å². The number of benzene rings is 1. The molecule has 2 fully saturated rings. The number of fused-ring (bicyclic) bond motifs is 1. The third-order valence-electron chi connectivity index (χ3n) is 7.43.